The lowest BCUT2D eigenvalue weighted by Gasteiger charge is -2.21. The number of unbranched alkanes of at least 4 members (excludes halogenated alkanes) is 9. The number of carbonyl (C=O) groups is 2. The Morgan fingerprint density at radius 1 is 0.769 bits per heavy atom. The highest BCUT2D eigenvalue weighted by molar-refractivity contribution is 6.10. The molecule has 2 aromatic rings. The summed E-state index contributed by atoms with van der Waals surface area (Å²) in [6.07, 6.45) is 13.0. The van der Waals surface area contributed by atoms with Gasteiger partial charge in [0.05, 0.1) is 27.4 Å². The molecule has 0 aliphatic heterocycles. The number of benzene rings is 2. The van der Waals surface area contributed by atoms with Crippen molar-refractivity contribution in [1.29, 1.82) is 0 Å². The monoisotopic (exact) mass is 541 g/mol. The van der Waals surface area contributed by atoms with Crippen LogP contribution in [0, 0.1) is 0 Å². The van der Waals surface area contributed by atoms with Gasteiger partial charge >= 0.3 is 5.97 Å². The van der Waals surface area contributed by atoms with Crippen molar-refractivity contribution < 1.29 is 28.5 Å². The van der Waals surface area contributed by atoms with Gasteiger partial charge in [-0.1, -0.05) is 95.0 Å². The Morgan fingerprint density at radius 3 is 1.82 bits per heavy atom. The van der Waals surface area contributed by atoms with Crippen molar-refractivity contribution in [2.45, 2.75) is 96.5 Å². The molecular formula is C32H47NO6. The Morgan fingerprint density at radius 2 is 1.31 bits per heavy atom. The van der Waals surface area contributed by atoms with E-state index < -0.39 is 17.8 Å². The van der Waals surface area contributed by atoms with Crippen LogP contribution in [0.25, 0.3) is 0 Å². The third kappa shape index (κ3) is 10.8. The molecule has 0 radical (unpaired) electrons. The maximum absolute atomic E-state index is 13.5. The van der Waals surface area contributed by atoms with Crippen molar-refractivity contribution in [3.05, 3.63) is 48.0 Å². The number of hydrogen-bond donors (Lipinski definition) is 1. The molecule has 7 heteroatoms. The Kier molecular flexibility index (Phi) is 14.9. The summed E-state index contributed by atoms with van der Waals surface area (Å²) in [5.74, 6) is -1.02. The molecule has 2 unspecified atom stereocenters. The molecule has 2 rings (SSSR count). The van der Waals surface area contributed by atoms with E-state index in [1.165, 1.54) is 72.7 Å². The van der Waals surface area contributed by atoms with Crippen molar-refractivity contribution in [2.24, 2.45) is 0 Å². The highest BCUT2D eigenvalue weighted by atomic mass is 16.5. The highest BCUT2D eigenvalue weighted by Crippen LogP contribution is 2.39. The van der Waals surface area contributed by atoms with Crippen LogP contribution < -0.4 is 19.5 Å². The molecule has 2 atom stereocenters. The molecule has 0 aliphatic rings. The molecule has 216 valence electrons. The lowest BCUT2D eigenvalue weighted by atomic mass is 9.98. The van der Waals surface area contributed by atoms with Crippen LogP contribution in [-0.2, 0) is 14.3 Å². The molecule has 0 saturated carbocycles. The van der Waals surface area contributed by atoms with Gasteiger partial charge < -0.3 is 24.3 Å². The molecular weight excluding hydrogens is 494 g/mol. The summed E-state index contributed by atoms with van der Waals surface area (Å²) < 4.78 is 22.0. The van der Waals surface area contributed by atoms with E-state index in [1.54, 1.807) is 36.4 Å². The summed E-state index contributed by atoms with van der Waals surface area (Å²) in [6, 6.07) is 12.2. The van der Waals surface area contributed by atoms with E-state index in [-0.39, 0.29) is 6.10 Å². The number of anilines is 1. The fourth-order valence-electron chi connectivity index (χ4n) is 4.61. The predicted molar refractivity (Wildman–Crippen MR) is 156 cm³/mol. The Balaban J connectivity index is 1.98. The zero-order valence-corrected chi connectivity index (χ0v) is 24.4. The van der Waals surface area contributed by atoms with Gasteiger partial charge in [-0.2, -0.15) is 0 Å². The van der Waals surface area contributed by atoms with Gasteiger partial charge in [-0.3, -0.25) is 9.59 Å². The lowest BCUT2D eigenvalue weighted by molar-refractivity contribution is -0.152. The summed E-state index contributed by atoms with van der Waals surface area (Å²) in [6.45, 7) is 4.13. The second-order valence-corrected chi connectivity index (χ2v) is 9.96. The van der Waals surface area contributed by atoms with Crippen LogP contribution in [0.15, 0.2) is 42.5 Å². The number of carbonyl (C=O) groups excluding carboxylic acids is 2. The molecule has 2 aromatic carbocycles. The third-order valence-corrected chi connectivity index (χ3v) is 6.88. The van der Waals surface area contributed by atoms with Crippen molar-refractivity contribution in [3.8, 4) is 17.2 Å². The van der Waals surface area contributed by atoms with Gasteiger partial charge in [0.15, 0.2) is 5.92 Å². The number of hydrogen-bond acceptors (Lipinski definition) is 6. The van der Waals surface area contributed by atoms with Crippen LogP contribution >= 0.6 is 0 Å². The zero-order valence-electron chi connectivity index (χ0n) is 24.4. The highest BCUT2D eigenvalue weighted by Gasteiger charge is 2.32. The van der Waals surface area contributed by atoms with E-state index in [0.717, 1.165) is 19.3 Å². The molecule has 0 spiro atoms. The fraction of sp³-hybridized carbons (Fsp3) is 0.562. The van der Waals surface area contributed by atoms with E-state index in [9.17, 15) is 9.59 Å². The van der Waals surface area contributed by atoms with Gasteiger partial charge in [-0.05, 0) is 25.3 Å². The zero-order chi connectivity index (χ0) is 28.5. The molecule has 0 aromatic heterocycles. The molecule has 0 fully saturated rings. The summed E-state index contributed by atoms with van der Waals surface area (Å²) in [4.78, 5) is 26.8. The first-order chi connectivity index (χ1) is 18.9. The van der Waals surface area contributed by atoms with Crippen molar-refractivity contribution >= 4 is 17.6 Å². The standard InChI is InChI=1S/C32H47NO6/c1-6-7-8-9-10-11-12-13-14-16-19-24(2)39-32(35)29(25-20-17-15-18-21-25)31(34)33-30-27(37-4)22-26(36-3)23-28(30)38-5/h15,17-18,20-24,29H,6-14,16,19H2,1-5H3,(H,33,34). The number of methoxy groups -OCH3 is 3. The molecule has 1 amide bonds. The van der Waals surface area contributed by atoms with E-state index >= 15 is 0 Å². The first-order valence-corrected chi connectivity index (χ1v) is 14.3. The predicted octanol–water partition coefficient (Wildman–Crippen LogP) is 7.68. The number of rotatable bonds is 19. The topological polar surface area (TPSA) is 83.1 Å². The molecule has 0 aliphatic carbocycles. The maximum Gasteiger partial charge on any atom is 0.323 e. The van der Waals surface area contributed by atoms with Gasteiger partial charge in [0.25, 0.3) is 0 Å². The lowest BCUT2D eigenvalue weighted by Crippen LogP contribution is -2.31. The minimum atomic E-state index is -1.14. The number of esters is 1. The number of amides is 1. The van der Waals surface area contributed by atoms with Gasteiger partial charge in [0.1, 0.15) is 22.9 Å². The fourth-order valence-corrected chi connectivity index (χ4v) is 4.61. The van der Waals surface area contributed by atoms with E-state index in [0.29, 0.717) is 28.5 Å². The first kappa shape index (κ1) is 32.0. The molecule has 1 N–H and O–H groups in total. The largest absolute Gasteiger partial charge is 0.496 e. The summed E-state index contributed by atoms with van der Waals surface area (Å²) in [7, 11) is 4.51. The van der Waals surface area contributed by atoms with Crippen LogP contribution in [0.4, 0.5) is 5.69 Å². The smallest absolute Gasteiger partial charge is 0.323 e. The Bertz CT molecular complexity index is 968. The summed E-state index contributed by atoms with van der Waals surface area (Å²) in [5.41, 5.74) is 0.871. The van der Waals surface area contributed by atoms with Crippen LogP contribution in [0.1, 0.15) is 96.0 Å². The van der Waals surface area contributed by atoms with E-state index in [1.807, 2.05) is 13.0 Å². The van der Waals surface area contributed by atoms with Gasteiger partial charge in [-0.15, -0.1) is 0 Å². The van der Waals surface area contributed by atoms with E-state index in [4.69, 9.17) is 18.9 Å². The Hall–Kier alpha value is -3.22. The minimum absolute atomic E-state index is 0.282. The maximum atomic E-state index is 13.5. The van der Waals surface area contributed by atoms with E-state index in [2.05, 4.69) is 12.2 Å². The van der Waals surface area contributed by atoms with Crippen molar-refractivity contribution in [1.82, 2.24) is 0 Å². The molecule has 39 heavy (non-hydrogen) atoms. The molecule has 0 bridgehead atoms. The number of ether oxygens (including phenoxy) is 4. The summed E-state index contributed by atoms with van der Waals surface area (Å²) in [5, 5.41) is 2.83. The third-order valence-electron chi connectivity index (χ3n) is 6.88. The normalized spacial score (nSPS) is 12.3. The molecule has 0 heterocycles. The quantitative estimate of drug-likeness (QED) is 0.112. The van der Waals surface area contributed by atoms with Gasteiger partial charge in [0, 0.05) is 12.1 Å². The summed E-state index contributed by atoms with van der Waals surface area (Å²) >= 11 is 0. The van der Waals surface area contributed by atoms with Crippen LogP contribution in [0.2, 0.25) is 0 Å². The van der Waals surface area contributed by atoms with Crippen LogP contribution in [0.5, 0.6) is 17.2 Å². The second-order valence-electron chi connectivity index (χ2n) is 9.96. The number of nitrogens with one attached hydrogen (secondary N) is 1. The van der Waals surface area contributed by atoms with Crippen molar-refractivity contribution in [3.63, 3.8) is 0 Å². The molecule has 0 saturated heterocycles. The second kappa shape index (κ2) is 18.1. The van der Waals surface area contributed by atoms with Crippen LogP contribution in [-0.4, -0.2) is 39.3 Å². The minimum Gasteiger partial charge on any atom is -0.496 e. The average Bonchev–Trinajstić information content (AvgIpc) is 2.94. The first-order valence-electron chi connectivity index (χ1n) is 14.3. The SMILES string of the molecule is CCCCCCCCCCCCC(C)OC(=O)C(C(=O)Nc1c(OC)cc(OC)cc1OC)c1ccccc1. The van der Waals surface area contributed by atoms with Gasteiger partial charge in [0.2, 0.25) is 5.91 Å². The van der Waals surface area contributed by atoms with Crippen molar-refractivity contribution in [2.75, 3.05) is 26.6 Å². The van der Waals surface area contributed by atoms with Crippen LogP contribution in [0.3, 0.4) is 0 Å². The molecule has 7 nitrogen and oxygen atoms in total. The van der Waals surface area contributed by atoms with Gasteiger partial charge in [-0.25, -0.2) is 0 Å². The average molecular weight is 542 g/mol. The Labute approximate surface area is 234 Å².